The zero-order valence-electron chi connectivity index (χ0n) is 17.6. The fourth-order valence-corrected chi connectivity index (χ4v) is 4.38. The molecule has 4 nitrogen and oxygen atoms in total. The van der Waals surface area contributed by atoms with Gasteiger partial charge in [0.05, 0.1) is 6.04 Å². The van der Waals surface area contributed by atoms with Gasteiger partial charge in [0.25, 0.3) is 5.91 Å². The summed E-state index contributed by atoms with van der Waals surface area (Å²) in [4.78, 5) is 12.9. The highest BCUT2D eigenvalue weighted by Crippen LogP contribution is 2.28. The Hall–Kier alpha value is -2.81. The number of benzene rings is 2. The molecule has 1 saturated heterocycles. The van der Waals surface area contributed by atoms with Gasteiger partial charge in [0.2, 0.25) is 0 Å². The maximum absolute atomic E-state index is 12.9. The number of carbonyl (C=O) groups excluding carboxylic acids is 1. The Morgan fingerprint density at radius 3 is 2.80 bits per heavy atom. The summed E-state index contributed by atoms with van der Waals surface area (Å²) >= 11 is 1.70. The van der Waals surface area contributed by atoms with E-state index in [0.717, 1.165) is 40.9 Å². The zero-order valence-corrected chi connectivity index (χ0v) is 18.5. The van der Waals surface area contributed by atoms with Gasteiger partial charge in [-0.15, -0.1) is 11.3 Å². The first-order chi connectivity index (χ1) is 14.5. The van der Waals surface area contributed by atoms with Gasteiger partial charge in [-0.3, -0.25) is 4.79 Å². The molecule has 0 spiro atoms. The van der Waals surface area contributed by atoms with Crippen LogP contribution in [0.2, 0.25) is 0 Å². The van der Waals surface area contributed by atoms with Gasteiger partial charge in [-0.2, -0.15) is 0 Å². The Balaban J connectivity index is 1.50. The molecule has 1 fully saturated rings. The molecule has 3 aromatic rings. The number of hydrogen-bond donors (Lipinski definition) is 3. The lowest BCUT2D eigenvalue weighted by molar-refractivity contribution is 0.0950. The molecule has 1 aliphatic heterocycles. The maximum Gasteiger partial charge on any atom is 0.251 e. The van der Waals surface area contributed by atoms with E-state index >= 15 is 0 Å². The highest BCUT2D eigenvalue weighted by Gasteiger charge is 2.17. The third-order valence-electron chi connectivity index (χ3n) is 5.27. The minimum atomic E-state index is -0.0451. The number of carbonyl (C=O) groups is 1. The van der Waals surface area contributed by atoms with Crippen LogP contribution in [0.1, 0.15) is 40.9 Å². The minimum Gasteiger partial charge on any atom is -0.380 e. The second-order valence-corrected chi connectivity index (χ2v) is 8.99. The summed E-state index contributed by atoms with van der Waals surface area (Å²) in [5, 5.41) is 13.1. The van der Waals surface area contributed by atoms with Gasteiger partial charge in [-0.25, -0.2) is 0 Å². The van der Waals surface area contributed by atoms with Gasteiger partial charge >= 0.3 is 0 Å². The van der Waals surface area contributed by atoms with E-state index in [9.17, 15) is 4.79 Å². The second kappa shape index (κ2) is 8.91. The summed E-state index contributed by atoms with van der Waals surface area (Å²) in [6.07, 6.45) is 0. The first-order valence-electron chi connectivity index (χ1n) is 10.4. The molecule has 1 aromatic heterocycles. The van der Waals surface area contributed by atoms with Gasteiger partial charge in [-0.05, 0) is 47.7 Å². The van der Waals surface area contributed by atoms with Crippen LogP contribution in [-0.4, -0.2) is 25.0 Å². The van der Waals surface area contributed by atoms with Crippen LogP contribution in [0.15, 0.2) is 41.8 Å². The largest absolute Gasteiger partial charge is 0.380 e. The quantitative estimate of drug-likeness (QED) is 0.535. The smallest absolute Gasteiger partial charge is 0.251 e. The lowest BCUT2D eigenvalue weighted by Crippen LogP contribution is -2.51. The van der Waals surface area contributed by atoms with Crippen molar-refractivity contribution >= 4 is 33.0 Å². The van der Waals surface area contributed by atoms with Crippen LogP contribution >= 0.6 is 11.3 Å². The summed E-state index contributed by atoms with van der Waals surface area (Å²) in [5.74, 6) is 6.83. The monoisotopic (exact) mass is 417 g/mol. The number of hydrogen-bond acceptors (Lipinski definition) is 4. The molecule has 0 saturated carbocycles. The summed E-state index contributed by atoms with van der Waals surface area (Å²) in [5.41, 5.74) is 4.86. The maximum atomic E-state index is 12.9. The summed E-state index contributed by atoms with van der Waals surface area (Å²) in [6.45, 7) is 8.59. The molecule has 5 heteroatoms. The van der Waals surface area contributed by atoms with Gasteiger partial charge in [0, 0.05) is 52.5 Å². The van der Waals surface area contributed by atoms with Gasteiger partial charge < -0.3 is 16.0 Å². The standard InChI is InChI=1S/C25H27N3OS/c1-16(2)4-6-18-7-8-19(24-22(18)10-11-30-24)13-27-25(29)23-12-20(9-5-17(23)3)28-21-14-26-15-21/h5,7-12,16,21,26,28H,13-15H2,1-3H3,(H,27,29). The Morgan fingerprint density at radius 1 is 1.23 bits per heavy atom. The molecule has 2 heterocycles. The lowest BCUT2D eigenvalue weighted by atomic mass is 10.0. The fraction of sp³-hybridized carbons (Fsp3) is 0.320. The van der Waals surface area contributed by atoms with Crippen LogP contribution in [-0.2, 0) is 6.54 Å². The number of aryl methyl sites for hydroxylation is 1. The molecule has 0 aliphatic carbocycles. The van der Waals surface area contributed by atoms with E-state index in [1.807, 2.05) is 25.1 Å². The molecule has 2 aromatic carbocycles. The van der Waals surface area contributed by atoms with E-state index in [0.29, 0.717) is 24.1 Å². The van der Waals surface area contributed by atoms with Crippen molar-refractivity contribution in [1.82, 2.24) is 10.6 Å². The predicted molar refractivity (Wildman–Crippen MR) is 126 cm³/mol. The lowest BCUT2D eigenvalue weighted by Gasteiger charge is -2.29. The van der Waals surface area contributed by atoms with Gasteiger partial charge in [-0.1, -0.05) is 37.8 Å². The van der Waals surface area contributed by atoms with Crippen LogP contribution in [0.3, 0.4) is 0 Å². The van der Waals surface area contributed by atoms with Crippen molar-refractivity contribution in [3.05, 3.63) is 64.0 Å². The second-order valence-electron chi connectivity index (χ2n) is 8.07. The Kier molecular flexibility index (Phi) is 6.08. The molecule has 0 atom stereocenters. The number of thiophene rings is 1. The molecule has 154 valence electrons. The number of amides is 1. The predicted octanol–water partition coefficient (Wildman–Crippen LogP) is 4.53. The van der Waals surface area contributed by atoms with Crippen molar-refractivity contribution in [2.24, 2.45) is 5.92 Å². The molecule has 30 heavy (non-hydrogen) atoms. The van der Waals surface area contributed by atoms with E-state index in [4.69, 9.17) is 0 Å². The minimum absolute atomic E-state index is 0.0451. The summed E-state index contributed by atoms with van der Waals surface area (Å²) in [7, 11) is 0. The molecule has 0 radical (unpaired) electrons. The SMILES string of the molecule is Cc1ccc(NC2CNC2)cc1C(=O)NCc1ccc(C#CC(C)C)c2ccsc12. The molecular formula is C25H27N3OS. The third-order valence-corrected chi connectivity index (χ3v) is 6.26. The molecule has 1 aliphatic rings. The topological polar surface area (TPSA) is 53.2 Å². The number of fused-ring (bicyclic) bond motifs is 1. The first kappa shape index (κ1) is 20.5. The molecule has 1 amide bonds. The van der Waals surface area contributed by atoms with Gasteiger partial charge in [0.15, 0.2) is 0 Å². The number of anilines is 1. The Labute approximate surface area is 182 Å². The van der Waals surface area contributed by atoms with Crippen molar-refractivity contribution in [1.29, 1.82) is 0 Å². The summed E-state index contributed by atoms with van der Waals surface area (Å²) < 4.78 is 1.19. The van der Waals surface area contributed by atoms with Crippen molar-refractivity contribution in [3.63, 3.8) is 0 Å². The van der Waals surface area contributed by atoms with E-state index in [1.54, 1.807) is 11.3 Å². The van der Waals surface area contributed by atoms with Gasteiger partial charge in [0.1, 0.15) is 0 Å². The van der Waals surface area contributed by atoms with Crippen LogP contribution in [0.5, 0.6) is 0 Å². The van der Waals surface area contributed by atoms with Crippen LogP contribution in [0, 0.1) is 24.7 Å². The average molecular weight is 418 g/mol. The van der Waals surface area contributed by atoms with Crippen molar-refractivity contribution < 1.29 is 4.79 Å². The molecular weight excluding hydrogens is 390 g/mol. The van der Waals surface area contributed by atoms with E-state index in [1.165, 1.54) is 4.70 Å². The van der Waals surface area contributed by atoms with Crippen LogP contribution in [0.4, 0.5) is 5.69 Å². The Bertz CT molecular complexity index is 1130. The molecule has 0 bridgehead atoms. The van der Waals surface area contributed by atoms with Crippen LogP contribution < -0.4 is 16.0 Å². The van der Waals surface area contributed by atoms with E-state index in [2.05, 4.69) is 65.2 Å². The Morgan fingerprint density at radius 2 is 2.07 bits per heavy atom. The molecule has 4 rings (SSSR count). The third kappa shape index (κ3) is 4.51. The molecule has 0 unspecified atom stereocenters. The highest BCUT2D eigenvalue weighted by atomic mass is 32.1. The first-order valence-corrected chi connectivity index (χ1v) is 11.3. The van der Waals surface area contributed by atoms with Crippen LogP contribution in [0.25, 0.3) is 10.1 Å². The summed E-state index contributed by atoms with van der Waals surface area (Å²) in [6, 6.07) is 12.7. The average Bonchev–Trinajstić information content (AvgIpc) is 3.19. The number of rotatable bonds is 5. The highest BCUT2D eigenvalue weighted by molar-refractivity contribution is 7.17. The van der Waals surface area contributed by atoms with Crippen molar-refractivity contribution in [3.8, 4) is 11.8 Å². The zero-order chi connectivity index (χ0) is 21.1. The van der Waals surface area contributed by atoms with Crippen molar-refractivity contribution in [2.75, 3.05) is 18.4 Å². The van der Waals surface area contributed by atoms with Crippen molar-refractivity contribution in [2.45, 2.75) is 33.4 Å². The fourth-order valence-electron chi connectivity index (χ4n) is 3.44. The van der Waals surface area contributed by atoms with E-state index in [-0.39, 0.29) is 5.91 Å². The van der Waals surface area contributed by atoms with E-state index < -0.39 is 0 Å². The molecule has 3 N–H and O–H groups in total. The number of nitrogens with one attached hydrogen (secondary N) is 3. The normalized spacial score (nSPS) is 13.6.